The predicted molar refractivity (Wildman–Crippen MR) is 93.6 cm³/mol. The topological polar surface area (TPSA) is 61.4 Å². The van der Waals surface area contributed by atoms with Crippen LogP contribution in [-0.4, -0.2) is 42.4 Å². The van der Waals surface area contributed by atoms with Crippen molar-refractivity contribution in [2.45, 2.75) is 44.4 Å². The lowest BCUT2D eigenvalue weighted by Crippen LogP contribution is -2.47. The van der Waals surface area contributed by atoms with Crippen LogP contribution in [-0.2, 0) is 22.3 Å². The highest BCUT2D eigenvalue weighted by Gasteiger charge is 2.31. The van der Waals surface area contributed by atoms with Crippen LogP contribution in [0.25, 0.3) is 0 Å². The van der Waals surface area contributed by atoms with E-state index in [0.29, 0.717) is 25.2 Å². The molecule has 1 aliphatic carbocycles. The highest BCUT2D eigenvalue weighted by Crippen LogP contribution is 2.30. The highest BCUT2D eigenvalue weighted by molar-refractivity contribution is 5.86. The number of carbonyl (C=O) groups excluding carboxylic acids is 2. The van der Waals surface area contributed by atoms with Crippen molar-refractivity contribution in [3.8, 4) is 0 Å². The second-order valence-corrected chi connectivity index (χ2v) is 7.31. The highest BCUT2D eigenvalue weighted by atomic mass is 19.4. The zero-order valence-corrected chi connectivity index (χ0v) is 15.0. The zero-order valence-electron chi connectivity index (χ0n) is 15.0. The number of likely N-dealkylation sites (tertiary alicyclic amines) is 1. The number of nitrogens with zero attached hydrogens (tertiary/aromatic N) is 1. The van der Waals surface area contributed by atoms with Crippen LogP contribution in [0.4, 0.5) is 13.2 Å². The van der Waals surface area contributed by atoms with Gasteiger partial charge in [0, 0.05) is 31.6 Å². The number of alkyl halides is 3. The van der Waals surface area contributed by atoms with Crippen LogP contribution in [0, 0.1) is 5.92 Å². The van der Waals surface area contributed by atoms with Gasteiger partial charge in [0.05, 0.1) is 12.1 Å². The standard InChI is InChI=1S/C19H24F3N3O2/c20-19(21,22)15-3-1-2-13(10-15)12-25-8-6-16(7-9-25)24-17(26)11-23-18(27)14-4-5-14/h1-3,10,14,16H,4-9,11-12H2,(H,23,27)(H,24,26). The Morgan fingerprint density at radius 3 is 2.44 bits per heavy atom. The van der Waals surface area contributed by atoms with Gasteiger partial charge in [0.1, 0.15) is 0 Å². The molecule has 1 saturated heterocycles. The summed E-state index contributed by atoms with van der Waals surface area (Å²) in [5.74, 6) is -0.168. The second kappa shape index (κ2) is 8.29. The summed E-state index contributed by atoms with van der Waals surface area (Å²) < 4.78 is 38.4. The van der Waals surface area contributed by atoms with Crippen molar-refractivity contribution in [1.82, 2.24) is 15.5 Å². The van der Waals surface area contributed by atoms with Crippen molar-refractivity contribution in [3.05, 3.63) is 35.4 Å². The Morgan fingerprint density at radius 2 is 1.81 bits per heavy atom. The molecule has 0 bridgehead atoms. The second-order valence-electron chi connectivity index (χ2n) is 7.31. The molecule has 27 heavy (non-hydrogen) atoms. The molecule has 1 heterocycles. The summed E-state index contributed by atoms with van der Waals surface area (Å²) >= 11 is 0. The van der Waals surface area contributed by atoms with Crippen molar-refractivity contribution in [1.29, 1.82) is 0 Å². The number of carbonyl (C=O) groups is 2. The van der Waals surface area contributed by atoms with Gasteiger partial charge >= 0.3 is 6.18 Å². The zero-order chi connectivity index (χ0) is 19.4. The Kier molecular flexibility index (Phi) is 6.04. The molecule has 5 nitrogen and oxygen atoms in total. The first kappa shape index (κ1) is 19.7. The summed E-state index contributed by atoms with van der Waals surface area (Å²) in [5.41, 5.74) is 0.00509. The Balaban J connectivity index is 1.39. The van der Waals surface area contributed by atoms with Crippen molar-refractivity contribution in [3.63, 3.8) is 0 Å². The average molecular weight is 383 g/mol. The van der Waals surface area contributed by atoms with Crippen molar-refractivity contribution in [2.24, 2.45) is 5.92 Å². The van der Waals surface area contributed by atoms with Crippen LogP contribution in [0.2, 0.25) is 0 Å². The maximum Gasteiger partial charge on any atom is 0.416 e. The van der Waals surface area contributed by atoms with E-state index in [1.54, 1.807) is 6.07 Å². The van der Waals surface area contributed by atoms with E-state index in [1.165, 1.54) is 12.1 Å². The van der Waals surface area contributed by atoms with Gasteiger partial charge in [-0.3, -0.25) is 14.5 Å². The lowest BCUT2D eigenvalue weighted by molar-refractivity contribution is -0.137. The Hall–Kier alpha value is -2.09. The molecular formula is C19H24F3N3O2. The average Bonchev–Trinajstić information content (AvgIpc) is 3.46. The van der Waals surface area contributed by atoms with Crippen molar-refractivity contribution >= 4 is 11.8 Å². The molecule has 148 valence electrons. The summed E-state index contributed by atoms with van der Waals surface area (Å²) in [5, 5.41) is 5.56. The number of rotatable bonds is 6. The normalized spacial score (nSPS) is 18.9. The maximum atomic E-state index is 12.8. The first-order valence-corrected chi connectivity index (χ1v) is 9.27. The van der Waals surface area contributed by atoms with E-state index in [1.807, 2.05) is 0 Å². The molecular weight excluding hydrogens is 359 g/mol. The number of amides is 2. The monoisotopic (exact) mass is 383 g/mol. The molecule has 0 unspecified atom stereocenters. The van der Waals surface area contributed by atoms with Crippen LogP contribution in [0.3, 0.4) is 0 Å². The molecule has 2 fully saturated rings. The Bertz CT molecular complexity index is 681. The SMILES string of the molecule is O=C(CNC(=O)C1CC1)NC1CCN(Cc2cccc(C(F)(F)F)c2)CC1. The van der Waals surface area contributed by atoms with Gasteiger partial charge in [-0.05, 0) is 37.3 Å². The number of nitrogens with one attached hydrogen (secondary N) is 2. The largest absolute Gasteiger partial charge is 0.416 e. The summed E-state index contributed by atoms with van der Waals surface area (Å²) in [4.78, 5) is 25.5. The number of hydrogen-bond acceptors (Lipinski definition) is 3. The molecule has 2 amide bonds. The van der Waals surface area contributed by atoms with Crippen LogP contribution in [0.1, 0.15) is 36.8 Å². The minimum Gasteiger partial charge on any atom is -0.352 e. The lowest BCUT2D eigenvalue weighted by Gasteiger charge is -2.32. The summed E-state index contributed by atoms with van der Waals surface area (Å²) in [6, 6.07) is 5.43. The Morgan fingerprint density at radius 1 is 1.11 bits per heavy atom. The van der Waals surface area contributed by atoms with Gasteiger partial charge in [0.15, 0.2) is 0 Å². The van der Waals surface area contributed by atoms with Crippen LogP contribution >= 0.6 is 0 Å². The number of piperidine rings is 1. The molecule has 3 rings (SSSR count). The molecule has 1 aliphatic heterocycles. The number of benzene rings is 1. The predicted octanol–water partition coefficient (Wildman–Crippen LogP) is 2.31. The molecule has 0 aromatic heterocycles. The number of halogens is 3. The maximum absolute atomic E-state index is 12.8. The van der Waals surface area contributed by atoms with Crippen molar-refractivity contribution in [2.75, 3.05) is 19.6 Å². The quantitative estimate of drug-likeness (QED) is 0.793. The van der Waals surface area contributed by atoms with E-state index < -0.39 is 11.7 Å². The molecule has 8 heteroatoms. The van der Waals surface area contributed by atoms with Crippen LogP contribution < -0.4 is 10.6 Å². The lowest BCUT2D eigenvalue weighted by atomic mass is 10.0. The summed E-state index contributed by atoms with van der Waals surface area (Å²) in [7, 11) is 0. The third-order valence-electron chi connectivity index (χ3n) is 4.98. The first-order chi connectivity index (χ1) is 12.8. The van der Waals surface area contributed by atoms with E-state index >= 15 is 0 Å². The first-order valence-electron chi connectivity index (χ1n) is 9.27. The molecule has 0 spiro atoms. The Labute approximate surface area is 156 Å². The van der Waals surface area contributed by atoms with Gasteiger partial charge in [0.25, 0.3) is 0 Å². The third kappa shape index (κ3) is 5.95. The summed E-state index contributed by atoms with van der Waals surface area (Å²) in [6.07, 6.45) is -1.06. The van der Waals surface area contributed by atoms with Gasteiger partial charge in [-0.1, -0.05) is 18.2 Å². The molecule has 0 radical (unpaired) electrons. The molecule has 1 aromatic rings. The third-order valence-corrected chi connectivity index (χ3v) is 4.98. The molecule has 1 aromatic carbocycles. The van der Waals surface area contributed by atoms with Crippen molar-refractivity contribution < 1.29 is 22.8 Å². The van der Waals surface area contributed by atoms with E-state index in [2.05, 4.69) is 15.5 Å². The van der Waals surface area contributed by atoms with E-state index in [9.17, 15) is 22.8 Å². The van der Waals surface area contributed by atoms with Gasteiger partial charge < -0.3 is 10.6 Å². The molecule has 2 aliphatic rings. The smallest absolute Gasteiger partial charge is 0.352 e. The fraction of sp³-hybridized carbons (Fsp3) is 0.579. The van der Waals surface area contributed by atoms with E-state index in [-0.39, 0.29) is 30.3 Å². The van der Waals surface area contributed by atoms with E-state index in [0.717, 1.165) is 31.7 Å². The number of hydrogen-bond donors (Lipinski definition) is 2. The van der Waals surface area contributed by atoms with Gasteiger partial charge in [-0.2, -0.15) is 13.2 Å². The molecule has 1 saturated carbocycles. The molecule has 0 atom stereocenters. The van der Waals surface area contributed by atoms with Gasteiger partial charge in [-0.25, -0.2) is 0 Å². The minimum absolute atomic E-state index is 0.000216. The fourth-order valence-electron chi connectivity index (χ4n) is 3.28. The fourth-order valence-corrected chi connectivity index (χ4v) is 3.28. The minimum atomic E-state index is -4.33. The van der Waals surface area contributed by atoms with Crippen LogP contribution in [0.5, 0.6) is 0 Å². The molecule has 2 N–H and O–H groups in total. The van der Waals surface area contributed by atoms with E-state index in [4.69, 9.17) is 0 Å². The van der Waals surface area contributed by atoms with Crippen LogP contribution in [0.15, 0.2) is 24.3 Å². The van der Waals surface area contributed by atoms with Gasteiger partial charge in [0.2, 0.25) is 11.8 Å². The van der Waals surface area contributed by atoms with Gasteiger partial charge in [-0.15, -0.1) is 0 Å². The summed E-state index contributed by atoms with van der Waals surface area (Å²) in [6.45, 7) is 1.87.